The van der Waals surface area contributed by atoms with E-state index in [9.17, 15) is 21.6 Å². The van der Waals surface area contributed by atoms with Crippen molar-refractivity contribution >= 4 is 27.4 Å². The van der Waals surface area contributed by atoms with Gasteiger partial charge in [0.25, 0.3) is 0 Å². The predicted octanol–water partition coefficient (Wildman–Crippen LogP) is 3.06. The number of benzene rings is 1. The number of halogens is 3. The number of hydrogen-bond donors (Lipinski definition) is 2. The second kappa shape index (κ2) is 6.65. The second-order valence-corrected chi connectivity index (χ2v) is 6.91. The van der Waals surface area contributed by atoms with Crippen molar-refractivity contribution in [2.45, 2.75) is 6.18 Å². The zero-order valence-electron chi connectivity index (χ0n) is 12.8. The molecule has 1 heterocycles. The fourth-order valence-electron chi connectivity index (χ4n) is 1.66. The molecule has 0 saturated carbocycles. The summed E-state index contributed by atoms with van der Waals surface area (Å²) in [4.78, 5) is 4.01. The number of aromatic nitrogens is 1. The summed E-state index contributed by atoms with van der Waals surface area (Å²) in [6.07, 6.45) is -3.09. The standard InChI is InChI=1S/C14H15F3N4O2S/c1-21(2)24(22,23)20-12-7-8-13(18-9-12)19-11-5-3-10(4-6-11)14(15,16)17/h3-9,20H,1-2H3,(H,18,19). The van der Waals surface area contributed by atoms with Gasteiger partial charge in [0, 0.05) is 19.8 Å². The maximum atomic E-state index is 12.5. The van der Waals surface area contributed by atoms with Gasteiger partial charge >= 0.3 is 16.4 Å². The van der Waals surface area contributed by atoms with E-state index in [0.717, 1.165) is 16.4 Å². The molecule has 1 aromatic heterocycles. The molecule has 2 rings (SSSR count). The zero-order chi connectivity index (χ0) is 18.0. The van der Waals surface area contributed by atoms with Crippen LogP contribution in [0.2, 0.25) is 0 Å². The van der Waals surface area contributed by atoms with Crippen molar-refractivity contribution in [3.63, 3.8) is 0 Å². The molecule has 0 aliphatic rings. The van der Waals surface area contributed by atoms with Crippen LogP contribution in [0.3, 0.4) is 0 Å². The lowest BCUT2D eigenvalue weighted by Crippen LogP contribution is -2.28. The molecule has 0 unspecified atom stereocenters. The summed E-state index contributed by atoms with van der Waals surface area (Å²) < 4.78 is 64.1. The van der Waals surface area contributed by atoms with E-state index in [4.69, 9.17) is 0 Å². The first-order chi connectivity index (χ1) is 11.1. The molecule has 2 N–H and O–H groups in total. The third kappa shape index (κ3) is 4.59. The van der Waals surface area contributed by atoms with Gasteiger partial charge in [0.1, 0.15) is 5.82 Å². The average molecular weight is 360 g/mol. The largest absolute Gasteiger partial charge is 0.416 e. The van der Waals surface area contributed by atoms with Crippen molar-refractivity contribution in [3.8, 4) is 0 Å². The highest BCUT2D eigenvalue weighted by atomic mass is 32.2. The molecule has 2 aromatic rings. The lowest BCUT2D eigenvalue weighted by atomic mass is 10.2. The molecular weight excluding hydrogens is 345 g/mol. The van der Waals surface area contributed by atoms with Crippen molar-refractivity contribution in [1.29, 1.82) is 0 Å². The minimum atomic E-state index is -4.39. The molecule has 130 valence electrons. The third-order valence-electron chi connectivity index (χ3n) is 2.98. The van der Waals surface area contributed by atoms with E-state index >= 15 is 0 Å². The summed E-state index contributed by atoms with van der Waals surface area (Å²) in [6.45, 7) is 0. The SMILES string of the molecule is CN(C)S(=O)(=O)Nc1ccc(Nc2ccc(C(F)(F)F)cc2)nc1. The van der Waals surface area contributed by atoms with Crippen LogP contribution in [0.25, 0.3) is 0 Å². The van der Waals surface area contributed by atoms with Crippen molar-refractivity contribution in [2.24, 2.45) is 0 Å². The summed E-state index contributed by atoms with van der Waals surface area (Å²) in [7, 11) is -0.855. The maximum absolute atomic E-state index is 12.5. The molecule has 1 aromatic carbocycles. The van der Waals surface area contributed by atoms with Crippen molar-refractivity contribution in [1.82, 2.24) is 9.29 Å². The van der Waals surface area contributed by atoms with Crippen LogP contribution < -0.4 is 10.0 Å². The normalized spacial score (nSPS) is 12.2. The van der Waals surface area contributed by atoms with Gasteiger partial charge < -0.3 is 5.32 Å². The molecule has 0 aliphatic carbocycles. The average Bonchev–Trinajstić information content (AvgIpc) is 2.48. The van der Waals surface area contributed by atoms with Crippen LogP contribution in [-0.4, -0.2) is 31.8 Å². The molecule has 0 aliphatic heterocycles. The lowest BCUT2D eigenvalue weighted by molar-refractivity contribution is -0.137. The van der Waals surface area contributed by atoms with E-state index in [0.29, 0.717) is 11.5 Å². The van der Waals surface area contributed by atoms with Gasteiger partial charge in [-0.1, -0.05) is 0 Å². The first kappa shape index (κ1) is 18.0. The molecule has 6 nitrogen and oxygen atoms in total. The van der Waals surface area contributed by atoms with Crippen LogP contribution in [0.1, 0.15) is 5.56 Å². The molecule has 0 bridgehead atoms. The molecule has 0 fully saturated rings. The van der Waals surface area contributed by atoms with Crippen molar-refractivity contribution in [2.75, 3.05) is 24.1 Å². The fraction of sp³-hybridized carbons (Fsp3) is 0.214. The molecule has 24 heavy (non-hydrogen) atoms. The van der Waals surface area contributed by atoms with Gasteiger partial charge in [-0.15, -0.1) is 0 Å². The Bertz CT molecular complexity index is 788. The highest BCUT2D eigenvalue weighted by molar-refractivity contribution is 7.90. The van der Waals surface area contributed by atoms with Crippen LogP contribution in [0, 0.1) is 0 Å². The van der Waals surface area contributed by atoms with Crippen LogP contribution in [0.5, 0.6) is 0 Å². The first-order valence-corrected chi connectivity index (χ1v) is 8.12. The molecular formula is C14H15F3N4O2S. The molecule has 10 heteroatoms. The predicted molar refractivity (Wildman–Crippen MR) is 85.2 cm³/mol. The Morgan fingerprint density at radius 2 is 1.58 bits per heavy atom. The van der Waals surface area contributed by atoms with Gasteiger partial charge in [-0.3, -0.25) is 4.72 Å². The summed E-state index contributed by atoms with van der Waals surface area (Å²) in [5, 5.41) is 2.83. The van der Waals surface area contributed by atoms with E-state index in [2.05, 4.69) is 15.0 Å². The number of rotatable bonds is 5. The van der Waals surface area contributed by atoms with Gasteiger partial charge in [0.05, 0.1) is 17.4 Å². The third-order valence-corrected chi connectivity index (χ3v) is 4.43. The van der Waals surface area contributed by atoms with Crippen LogP contribution in [-0.2, 0) is 16.4 Å². The number of pyridine rings is 1. The van der Waals surface area contributed by atoms with Gasteiger partial charge in [-0.05, 0) is 36.4 Å². The summed E-state index contributed by atoms with van der Waals surface area (Å²) >= 11 is 0. The number of anilines is 3. The summed E-state index contributed by atoms with van der Waals surface area (Å²) in [5.74, 6) is 0.363. The Kier molecular flexibility index (Phi) is 4.99. The highest BCUT2D eigenvalue weighted by Crippen LogP contribution is 2.30. The number of nitrogens with one attached hydrogen (secondary N) is 2. The minimum Gasteiger partial charge on any atom is -0.340 e. The number of alkyl halides is 3. The van der Waals surface area contributed by atoms with E-state index in [-0.39, 0.29) is 5.69 Å². The van der Waals surface area contributed by atoms with Crippen LogP contribution in [0.4, 0.5) is 30.4 Å². The highest BCUT2D eigenvalue weighted by Gasteiger charge is 2.29. The molecule has 0 atom stereocenters. The quantitative estimate of drug-likeness (QED) is 0.859. The topological polar surface area (TPSA) is 74.3 Å². The Hall–Kier alpha value is -2.33. The van der Waals surface area contributed by atoms with Crippen LogP contribution in [0.15, 0.2) is 42.6 Å². The van der Waals surface area contributed by atoms with E-state index < -0.39 is 21.9 Å². The fourth-order valence-corrected chi connectivity index (χ4v) is 2.26. The molecule has 0 amide bonds. The maximum Gasteiger partial charge on any atom is 0.416 e. The Labute approximate surface area is 137 Å². The van der Waals surface area contributed by atoms with Crippen LogP contribution >= 0.6 is 0 Å². The van der Waals surface area contributed by atoms with Gasteiger partial charge in [0.15, 0.2) is 0 Å². The summed E-state index contributed by atoms with van der Waals surface area (Å²) in [5.41, 5.74) is -0.0479. The first-order valence-electron chi connectivity index (χ1n) is 6.68. The number of hydrogen-bond acceptors (Lipinski definition) is 4. The minimum absolute atomic E-state index is 0.265. The van der Waals surface area contributed by atoms with Crippen molar-refractivity contribution in [3.05, 3.63) is 48.2 Å². The lowest BCUT2D eigenvalue weighted by Gasteiger charge is -2.13. The Balaban J connectivity index is 2.07. The van der Waals surface area contributed by atoms with E-state index in [1.165, 1.54) is 44.6 Å². The summed E-state index contributed by atoms with van der Waals surface area (Å²) in [6, 6.07) is 7.48. The smallest absolute Gasteiger partial charge is 0.340 e. The Morgan fingerprint density at radius 3 is 2.04 bits per heavy atom. The number of nitrogens with zero attached hydrogens (tertiary/aromatic N) is 2. The second-order valence-electron chi connectivity index (χ2n) is 5.02. The van der Waals surface area contributed by atoms with Gasteiger partial charge in [-0.25, -0.2) is 4.98 Å². The molecule has 0 spiro atoms. The Morgan fingerprint density at radius 1 is 1.00 bits per heavy atom. The van der Waals surface area contributed by atoms with E-state index in [1.54, 1.807) is 0 Å². The van der Waals surface area contributed by atoms with Crippen molar-refractivity contribution < 1.29 is 21.6 Å². The van der Waals surface area contributed by atoms with Gasteiger partial charge in [0.2, 0.25) is 0 Å². The zero-order valence-corrected chi connectivity index (χ0v) is 13.6. The van der Waals surface area contributed by atoms with E-state index in [1.807, 2.05) is 0 Å². The van der Waals surface area contributed by atoms with Gasteiger partial charge in [-0.2, -0.15) is 25.9 Å². The molecule has 0 radical (unpaired) electrons. The monoisotopic (exact) mass is 360 g/mol. The molecule has 0 saturated heterocycles.